The summed E-state index contributed by atoms with van der Waals surface area (Å²) in [6.07, 6.45) is 0.349. The third-order valence-corrected chi connectivity index (χ3v) is 3.02. The van der Waals surface area contributed by atoms with Gasteiger partial charge < -0.3 is 0 Å². The quantitative estimate of drug-likeness (QED) is 0.742. The number of benzene rings is 1. The number of para-hydroxylation sites is 1. The minimum Gasteiger partial charge on any atom is -0.297 e. The summed E-state index contributed by atoms with van der Waals surface area (Å²) in [6.45, 7) is 3.40. The highest BCUT2D eigenvalue weighted by Gasteiger charge is 2.39. The third-order valence-electron chi connectivity index (χ3n) is 3.02. The molecule has 1 aromatic carbocycles. The fourth-order valence-electron chi connectivity index (χ4n) is 2.03. The Balaban J connectivity index is 2.46. The van der Waals surface area contributed by atoms with Crippen molar-refractivity contribution < 1.29 is 14.4 Å². The number of hydrogen-bond acceptors (Lipinski definition) is 3. The summed E-state index contributed by atoms with van der Waals surface area (Å²) >= 11 is 0. The maximum absolute atomic E-state index is 11.8. The summed E-state index contributed by atoms with van der Waals surface area (Å²) in [4.78, 5) is 36.5. The van der Waals surface area contributed by atoms with Crippen LogP contribution in [0.2, 0.25) is 0 Å². The number of hydrogen-bond donors (Lipinski definition) is 0. The zero-order chi connectivity index (χ0) is 12.6. The maximum atomic E-state index is 11.8. The van der Waals surface area contributed by atoms with E-state index in [9.17, 15) is 14.4 Å². The lowest BCUT2D eigenvalue weighted by Gasteiger charge is -2.22. The summed E-state index contributed by atoms with van der Waals surface area (Å²) in [6, 6.07) is 6.18. The molecule has 0 radical (unpaired) electrons. The molecule has 0 aromatic heterocycles. The fraction of sp³-hybridized carbons (Fsp3) is 0.308. The molecular formula is C13H13NO3. The molecule has 0 bridgehead atoms. The molecule has 1 heterocycles. The van der Waals surface area contributed by atoms with Gasteiger partial charge in [0, 0.05) is 6.42 Å². The van der Waals surface area contributed by atoms with E-state index >= 15 is 0 Å². The number of Topliss-reactive ketones (excluding diaryl/α,β-unsaturated/α-hetero) is 2. The van der Waals surface area contributed by atoms with Gasteiger partial charge in [0.2, 0.25) is 0 Å². The highest BCUT2D eigenvalue weighted by molar-refractivity contribution is 6.52. The van der Waals surface area contributed by atoms with Gasteiger partial charge in [0.1, 0.15) is 0 Å². The molecule has 4 nitrogen and oxygen atoms in total. The number of fused-ring (bicyclic) bond motifs is 1. The van der Waals surface area contributed by atoms with Gasteiger partial charge in [-0.05, 0) is 19.1 Å². The summed E-state index contributed by atoms with van der Waals surface area (Å²) in [7, 11) is 0. The van der Waals surface area contributed by atoms with Gasteiger partial charge in [-0.25, -0.2) is 0 Å². The van der Waals surface area contributed by atoms with E-state index in [1.807, 2.05) is 0 Å². The summed E-state index contributed by atoms with van der Waals surface area (Å²) in [5.74, 6) is -1.19. The molecule has 2 rings (SSSR count). The molecule has 1 atom stereocenters. The van der Waals surface area contributed by atoms with Gasteiger partial charge in [-0.1, -0.05) is 19.1 Å². The summed E-state index contributed by atoms with van der Waals surface area (Å²) in [5.41, 5.74) is 0.921. The predicted octanol–water partition coefficient (Wildman–Crippen LogP) is 1.58. The van der Waals surface area contributed by atoms with Crippen molar-refractivity contribution in [3.8, 4) is 0 Å². The lowest BCUT2D eigenvalue weighted by Crippen LogP contribution is -2.42. The fourth-order valence-corrected chi connectivity index (χ4v) is 2.03. The Morgan fingerprint density at radius 2 is 1.94 bits per heavy atom. The SMILES string of the molecule is CCC(=O)C(C)N1C(=O)C(=O)c2ccccc21. The van der Waals surface area contributed by atoms with Crippen LogP contribution in [0.5, 0.6) is 0 Å². The third kappa shape index (κ3) is 1.65. The number of amides is 1. The van der Waals surface area contributed by atoms with Gasteiger partial charge >= 0.3 is 0 Å². The first-order chi connectivity index (χ1) is 8.07. The van der Waals surface area contributed by atoms with E-state index < -0.39 is 17.7 Å². The Kier molecular flexibility index (Phi) is 2.79. The second-order valence-corrected chi connectivity index (χ2v) is 4.02. The molecule has 0 saturated carbocycles. The van der Waals surface area contributed by atoms with Crippen molar-refractivity contribution in [3.63, 3.8) is 0 Å². The van der Waals surface area contributed by atoms with Crippen molar-refractivity contribution in [3.05, 3.63) is 29.8 Å². The monoisotopic (exact) mass is 231 g/mol. The van der Waals surface area contributed by atoms with E-state index in [0.717, 1.165) is 0 Å². The van der Waals surface area contributed by atoms with Gasteiger partial charge in [0.25, 0.3) is 11.7 Å². The first-order valence-corrected chi connectivity index (χ1v) is 5.57. The van der Waals surface area contributed by atoms with Crippen LogP contribution in [0.3, 0.4) is 0 Å². The number of anilines is 1. The molecule has 0 saturated heterocycles. The van der Waals surface area contributed by atoms with Gasteiger partial charge in [-0.2, -0.15) is 0 Å². The van der Waals surface area contributed by atoms with Crippen LogP contribution in [0.25, 0.3) is 0 Å². The van der Waals surface area contributed by atoms with Crippen molar-refractivity contribution in [2.24, 2.45) is 0 Å². The minimum absolute atomic E-state index is 0.0529. The number of carbonyl (C=O) groups excluding carboxylic acids is 3. The molecule has 0 aliphatic carbocycles. The molecule has 0 fully saturated rings. The van der Waals surface area contributed by atoms with E-state index in [2.05, 4.69) is 0 Å². The second-order valence-electron chi connectivity index (χ2n) is 4.02. The first kappa shape index (κ1) is 11.5. The van der Waals surface area contributed by atoms with Crippen LogP contribution in [-0.4, -0.2) is 23.5 Å². The van der Waals surface area contributed by atoms with Gasteiger partial charge in [-0.3, -0.25) is 19.3 Å². The van der Waals surface area contributed by atoms with Crippen molar-refractivity contribution in [1.29, 1.82) is 0 Å². The van der Waals surface area contributed by atoms with Crippen LogP contribution >= 0.6 is 0 Å². The first-order valence-electron chi connectivity index (χ1n) is 5.57. The van der Waals surface area contributed by atoms with Crippen LogP contribution < -0.4 is 4.90 Å². The van der Waals surface area contributed by atoms with E-state index in [0.29, 0.717) is 17.7 Å². The number of carbonyl (C=O) groups is 3. The molecule has 0 N–H and O–H groups in total. The minimum atomic E-state index is -0.611. The van der Waals surface area contributed by atoms with E-state index in [-0.39, 0.29) is 5.78 Å². The zero-order valence-electron chi connectivity index (χ0n) is 9.77. The highest BCUT2D eigenvalue weighted by Crippen LogP contribution is 2.30. The summed E-state index contributed by atoms with van der Waals surface area (Å²) < 4.78 is 0. The number of ketones is 2. The van der Waals surface area contributed by atoms with Crippen LogP contribution in [0, 0.1) is 0 Å². The smallest absolute Gasteiger partial charge is 0.297 e. The predicted molar refractivity (Wildman–Crippen MR) is 63.0 cm³/mol. The van der Waals surface area contributed by atoms with Gasteiger partial charge in [0.05, 0.1) is 17.3 Å². The Morgan fingerprint density at radius 3 is 2.59 bits per heavy atom. The lowest BCUT2D eigenvalue weighted by molar-refractivity contribution is -0.122. The molecule has 1 aliphatic heterocycles. The molecule has 17 heavy (non-hydrogen) atoms. The van der Waals surface area contributed by atoms with E-state index in [1.165, 1.54) is 4.90 Å². The van der Waals surface area contributed by atoms with E-state index in [1.54, 1.807) is 38.1 Å². The van der Waals surface area contributed by atoms with Crippen LogP contribution in [0.1, 0.15) is 30.6 Å². The average molecular weight is 231 g/mol. The Morgan fingerprint density at radius 1 is 1.29 bits per heavy atom. The van der Waals surface area contributed by atoms with Crippen molar-refractivity contribution in [1.82, 2.24) is 0 Å². The molecule has 1 amide bonds. The molecule has 88 valence electrons. The molecular weight excluding hydrogens is 218 g/mol. The normalized spacial score (nSPS) is 16.0. The van der Waals surface area contributed by atoms with Crippen molar-refractivity contribution >= 4 is 23.2 Å². The van der Waals surface area contributed by atoms with Crippen molar-refractivity contribution in [2.75, 3.05) is 4.90 Å². The number of rotatable bonds is 3. The van der Waals surface area contributed by atoms with Crippen molar-refractivity contribution in [2.45, 2.75) is 26.3 Å². The standard InChI is InChI=1S/C13H13NO3/c1-3-11(15)8(2)14-10-7-5-4-6-9(10)12(16)13(14)17/h4-8H,3H2,1-2H3. The molecule has 0 spiro atoms. The lowest BCUT2D eigenvalue weighted by atomic mass is 10.1. The average Bonchev–Trinajstić information content (AvgIpc) is 2.61. The zero-order valence-corrected chi connectivity index (χ0v) is 9.77. The van der Waals surface area contributed by atoms with Crippen LogP contribution in [-0.2, 0) is 9.59 Å². The number of nitrogens with zero attached hydrogens (tertiary/aromatic N) is 1. The summed E-state index contributed by atoms with van der Waals surface area (Å²) in [5, 5.41) is 0. The molecule has 4 heteroatoms. The van der Waals surface area contributed by atoms with Gasteiger partial charge in [-0.15, -0.1) is 0 Å². The highest BCUT2D eigenvalue weighted by atomic mass is 16.2. The molecule has 1 unspecified atom stereocenters. The Labute approximate surface area is 99.2 Å². The second kappa shape index (κ2) is 4.13. The topological polar surface area (TPSA) is 54.5 Å². The Bertz CT molecular complexity index is 507. The molecule has 1 aliphatic rings. The molecule has 1 aromatic rings. The Hall–Kier alpha value is -1.97. The van der Waals surface area contributed by atoms with Crippen LogP contribution in [0.15, 0.2) is 24.3 Å². The van der Waals surface area contributed by atoms with Gasteiger partial charge in [0.15, 0.2) is 5.78 Å². The van der Waals surface area contributed by atoms with E-state index in [4.69, 9.17) is 0 Å². The van der Waals surface area contributed by atoms with Crippen LogP contribution in [0.4, 0.5) is 5.69 Å². The largest absolute Gasteiger partial charge is 0.300 e. The maximum Gasteiger partial charge on any atom is 0.300 e.